The molecule has 0 heteroatoms. The van der Waals surface area contributed by atoms with Crippen molar-refractivity contribution in [1.29, 1.82) is 0 Å². The highest BCUT2D eigenvalue weighted by molar-refractivity contribution is 6.12. The van der Waals surface area contributed by atoms with Crippen LogP contribution in [0.1, 0.15) is 22.3 Å². The number of hydrogen-bond donors (Lipinski definition) is 0. The molecule has 0 aliphatic heterocycles. The highest BCUT2D eigenvalue weighted by Gasteiger charge is 2.22. The van der Waals surface area contributed by atoms with Crippen molar-refractivity contribution in [2.45, 2.75) is 6.42 Å². The summed E-state index contributed by atoms with van der Waals surface area (Å²) in [5, 5.41) is 2.85. The summed E-state index contributed by atoms with van der Waals surface area (Å²) in [4.78, 5) is 0. The van der Waals surface area contributed by atoms with Gasteiger partial charge in [0, 0.05) is 0 Å². The van der Waals surface area contributed by atoms with Gasteiger partial charge in [-0.1, -0.05) is 54.6 Å². The van der Waals surface area contributed by atoms with Crippen molar-refractivity contribution in [3.05, 3.63) is 70.8 Å². The van der Waals surface area contributed by atoms with Crippen molar-refractivity contribution >= 4 is 22.9 Å². The molecule has 0 radical (unpaired) electrons. The minimum Gasteiger partial charge on any atom is -0.0619 e. The normalized spacial score (nSPS) is 13.9. The largest absolute Gasteiger partial charge is 0.0619 e. The summed E-state index contributed by atoms with van der Waals surface area (Å²) in [6.45, 7) is 0. The van der Waals surface area contributed by atoms with Gasteiger partial charge in [0.05, 0.1) is 0 Å². The van der Waals surface area contributed by atoms with E-state index in [2.05, 4.69) is 60.7 Å². The van der Waals surface area contributed by atoms with Gasteiger partial charge in [-0.05, 0) is 56.6 Å². The summed E-state index contributed by atoms with van der Waals surface area (Å²) in [5.74, 6) is 0. The maximum atomic E-state index is 2.39. The molecule has 0 unspecified atom stereocenters. The van der Waals surface area contributed by atoms with Gasteiger partial charge in [0.2, 0.25) is 0 Å². The lowest BCUT2D eigenvalue weighted by Crippen LogP contribution is -2.02. The molecule has 0 spiro atoms. The molecule has 3 aromatic rings. The molecule has 2 bridgehead atoms. The second-order valence-electron chi connectivity index (χ2n) is 5.43. The van der Waals surface area contributed by atoms with Gasteiger partial charge in [0.1, 0.15) is 0 Å². The van der Waals surface area contributed by atoms with Crippen molar-refractivity contribution in [2.75, 3.05) is 0 Å². The third-order valence-corrected chi connectivity index (χ3v) is 4.44. The van der Waals surface area contributed by atoms with E-state index in [9.17, 15) is 0 Å². The second kappa shape index (κ2) is 3.16. The van der Waals surface area contributed by atoms with Crippen molar-refractivity contribution in [3.8, 4) is 11.1 Å². The lowest BCUT2D eigenvalue weighted by atomic mass is 9.82. The molecule has 0 nitrogen and oxygen atoms in total. The minimum atomic E-state index is 1.06. The molecule has 19 heavy (non-hydrogen) atoms. The van der Waals surface area contributed by atoms with Crippen molar-refractivity contribution in [2.24, 2.45) is 0 Å². The molecule has 0 saturated carbocycles. The Labute approximate surface area is 112 Å². The van der Waals surface area contributed by atoms with Crippen molar-refractivity contribution in [1.82, 2.24) is 0 Å². The van der Waals surface area contributed by atoms with E-state index in [0.29, 0.717) is 0 Å². The highest BCUT2D eigenvalue weighted by atomic mass is 14.3. The van der Waals surface area contributed by atoms with Crippen LogP contribution in [0.15, 0.2) is 48.5 Å². The Bertz CT molecular complexity index is 882. The average molecular weight is 240 g/mol. The molecular formula is C19H12. The lowest BCUT2D eigenvalue weighted by molar-refractivity contribution is 1.17. The molecule has 3 aromatic carbocycles. The van der Waals surface area contributed by atoms with Crippen LogP contribution in [0.5, 0.6) is 0 Å². The van der Waals surface area contributed by atoms with Crippen LogP contribution in [-0.2, 0) is 6.42 Å². The van der Waals surface area contributed by atoms with E-state index in [4.69, 9.17) is 0 Å². The average Bonchev–Trinajstić information content (AvgIpc) is 2.90. The van der Waals surface area contributed by atoms with E-state index in [-0.39, 0.29) is 0 Å². The minimum absolute atomic E-state index is 1.06. The first-order valence-corrected chi connectivity index (χ1v) is 6.77. The second-order valence-corrected chi connectivity index (χ2v) is 5.43. The summed E-state index contributed by atoms with van der Waals surface area (Å²) in [7, 11) is 0. The molecule has 0 heterocycles. The molecule has 0 N–H and O–H groups in total. The molecule has 0 amide bonds. The molecule has 0 atom stereocenters. The van der Waals surface area contributed by atoms with Gasteiger partial charge in [-0.15, -0.1) is 0 Å². The molecular weight excluding hydrogens is 228 g/mol. The molecule has 2 aliphatic rings. The van der Waals surface area contributed by atoms with E-state index in [1.807, 2.05) is 0 Å². The van der Waals surface area contributed by atoms with Gasteiger partial charge < -0.3 is 0 Å². The first-order valence-electron chi connectivity index (χ1n) is 6.77. The quantitative estimate of drug-likeness (QED) is 0.361. The molecule has 2 aliphatic carbocycles. The summed E-state index contributed by atoms with van der Waals surface area (Å²) in [6.07, 6.45) is 5.60. The van der Waals surface area contributed by atoms with E-state index in [1.54, 1.807) is 0 Å². The topological polar surface area (TPSA) is 0 Å². The summed E-state index contributed by atoms with van der Waals surface area (Å²) < 4.78 is 0. The number of fused-ring (bicyclic) bond motifs is 6. The van der Waals surface area contributed by atoms with Crippen LogP contribution in [-0.4, -0.2) is 0 Å². The zero-order chi connectivity index (χ0) is 12.4. The summed E-state index contributed by atoms with van der Waals surface area (Å²) in [5.41, 5.74) is 8.55. The van der Waals surface area contributed by atoms with E-state index in [0.717, 1.165) is 6.42 Å². The first-order chi connectivity index (χ1) is 9.42. The Morgan fingerprint density at radius 1 is 0.737 bits per heavy atom. The molecule has 0 fully saturated rings. The van der Waals surface area contributed by atoms with Crippen LogP contribution in [0.2, 0.25) is 0 Å². The van der Waals surface area contributed by atoms with Crippen LogP contribution in [0.25, 0.3) is 34.1 Å². The van der Waals surface area contributed by atoms with Crippen molar-refractivity contribution < 1.29 is 0 Å². The Balaban J connectivity index is 2.04. The SMILES string of the molecule is C1=Cc2c3cc(c4cccc1c24)-c1ccccc1C3. The predicted molar refractivity (Wildman–Crippen MR) is 81.1 cm³/mol. The third kappa shape index (κ3) is 1.09. The summed E-state index contributed by atoms with van der Waals surface area (Å²) >= 11 is 0. The smallest absolute Gasteiger partial charge is 0.00132 e. The van der Waals surface area contributed by atoms with Crippen LogP contribution in [0, 0.1) is 0 Å². The standard InChI is InChI=1S/C19H12/c1-2-6-15-13(4-1)10-14-11-18(15)17-7-3-5-12-8-9-16(14)19(12)17/h1-9,11H,10H2. The van der Waals surface area contributed by atoms with E-state index < -0.39 is 0 Å². The zero-order valence-corrected chi connectivity index (χ0v) is 10.5. The number of rotatable bonds is 0. The zero-order valence-electron chi connectivity index (χ0n) is 10.5. The van der Waals surface area contributed by atoms with Crippen LogP contribution in [0.3, 0.4) is 0 Å². The Hall–Kier alpha value is -2.34. The fraction of sp³-hybridized carbons (Fsp3) is 0.0526. The van der Waals surface area contributed by atoms with Gasteiger partial charge in [-0.3, -0.25) is 0 Å². The van der Waals surface area contributed by atoms with E-state index >= 15 is 0 Å². The molecule has 0 saturated heterocycles. The molecule has 5 rings (SSSR count). The van der Waals surface area contributed by atoms with Gasteiger partial charge in [-0.2, -0.15) is 0 Å². The number of hydrogen-bond acceptors (Lipinski definition) is 0. The summed E-state index contributed by atoms with van der Waals surface area (Å²) in [6, 6.07) is 17.8. The third-order valence-electron chi connectivity index (χ3n) is 4.44. The first kappa shape index (κ1) is 9.57. The lowest BCUT2D eigenvalue weighted by Gasteiger charge is -2.21. The molecule has 0 aromatic heterocycles. The fourth-order valence-corrected chi connectivity index (χ4v) is 3.60. The van der Waals surface area contributed by atoms with Crippen LogP contribution in [0.4, 0.5) is 0 Å². The maximum absolute atomic E-state index is 2.39. The van der Waals surface area contributed by atoms with Crippen LogP contribution >= 0.6 is 0 Å². The predicted octanol–water partition coefficient (Wildman–Crippen LogP) is 4.89. The Morgan fingerprint density at radius 2 is 1.68 bits per heavy atom. The van der Waals surface area contributed by atoms with Crippen LogP contribution < -0.4 is 0 Å². The van der Waals surface area contributed by atoms with Gasteiger partial charge in [-0.25, -0.2) is 0 Å². The maximum Gasteiger partial charge on any atom is -0.00132 e. The fourth-order valence-electron chi connectivity index (χ4n) is 3.60. The van der Waals surface area contributed by atoms with E-state index in [1.165, 1.54) is 44.2 Å². The van der Waals surface area contributed by atoms with Gasteiger partial charge in [0.15, 0.2) is 0 Å². The molecule has 88 valence electrons. The number of benzene rings is 3. The monoisotopic (exact) mass is 240 g/mol. The van der Waals surface area contributed by atoms with Crippen molar-refractivity contribution in [3.63, 3.8) is 0 Å². The Morgan fingerprint density at radius 3 is 2.68 bits per heavy atom. The Kier molecular flexibility index (Phi) is 1.59. The van der Waals surface area contributed by atoms with Gasteiger partial charge in [0.25, 0.3) is 0 Å². The van der Waals surface area contributed by atoms with Gasteiger partial charge >= 0.3 is 0 Å². The highest BCUT2D eigenvalue weighted by Crippen LogP contribution is 2.44.